The normalized spacial score (nSPS) is 14.0. The molecule has 1 aromatic carbocycles. The number of fused-ring (bicyclic) bond motifs is 1. The Labute approximate surface area is 230 Å². The maximum Gasteiger partial charge on any atom is 0.273 e. The predicted octanol–water partition coefficient (Wildman–Crippen LogP) is 5.46. The highest BCUT2D eigenvalue weighted by Crippen LogP contribution is 2.39. The number of hydrogen-bond donors (Lipinski definition) is 1. The number of thiophene rings is 1. The van der Waals surface area contributed by atoms with E-state index in [1.165, 1.54) is 22.7 Å². The van der Waals surface area contributed by atoms with Gasteiger partial charge in [-0.1, -0.05) is 31.4 Å². The summed E-state index contributed by atoms with van der Waals surface area (Å²) < 4.78 is 52.6. The molecular weight excluding hydrogens is 561 g/mol. The molecule has 0 bridgehead atoms. The minimum absolute atomic E-state index is 0.0370. The molecular formula is C26H28N4O4S4. The highest BCUT2D eigenvalue weighted by atomic mass is 32.2. The van der Waals surface area contributed by atoms with Gasteiger partial charge in [-0.15, -0.1) is 22.7 Å². The van der Waals surface area contributed by atoms with Gasteiger partial charge in [0.15, 0.2) is 9.84 Å². The Morgan fingerprint density at radius 1 is 1.13 bits per heavy atom. The fourth-order valence-electron chi connectivity index (χ4n) is 4.11. The Morgan fingerprint density at radius 2 is 1.95 bits per heavy atom. The van der Waals surface area contributed by atoms with Crippen LogP contribution in [-0.2, 0) is 26.4 Å². The Morgan fingerprint density at radius 3 is 2.63 bits per heavy atom. The smallest absolute Gasteiger partial charge is 0.273 e. The molecule has 38 heavy (non-hydrogen) atoms. The molecule has 0 atom stereocenters. The summed E-state index contributed by atoms with van der Waals surface area (Å²) in [6.07, 6.45) is 5.46. The molecule has 1 aliphatic carbocycles. The van der Waals surface area contributed by atoms with E-state index in [0.29, 0.717) is 35.4 Å². The lowest BCUT2D eigenvalue weighted by Crippen LogP contribution is -2.32. The van der Waals surface area contributed by atoms with E-state index in [-0.39, 0.29) is 5.75 Å². The highest BCUT2D eigenvalue weighted by molar-refractivity contribution is 7.94. The van der Waals surface area contributed by atoms with Crippen molar-refractivity contribution in [1.29, 1.82) is 0 Å². The fourth-order valence-corrected chi connectivity index (χ4v) is 8.33. The van der Waals surface area contributed by atoms with Crippen LogP contribution in [0.25, 0.3) is 21.6 Å². The Hall–Kier alpha value is -2.93. The quantitative estimate of drug-likeness (QED) is 0.222. The van der Waals surface area contributed by atoms with Gasteiger partial charge in [-0.3, -0.25) is 4.31 Å². The minimum Gasteiger partial charge on any atom is -0.372 e. The minimum atomic E-state index is -3.69. The number of sulfone groups is 1. The largest absolute Gasteiger partial charge is 0.372 e. The lowest BCUT2D eigenvalue weighted by Gasteiger charge is -2.24. The molecule has 0 saturated heterocycles. The molecule has 0 spiro atoms. The number of hydrogen-bond acceptors (Lipinski definition) is 8. The van der Waals surface area contributed by atoms with E-state index in [2.05, 4.69) is 23.1 Å². The molecule has 1 fully saturated rings. The van der Waals surface area contributed by atoms with Crippen molar-refractivity contribution in [2.45, 2.75) is 23.6 Å². The summed E-state index contributed by atoms with van der Waals surface area (Å²) in [7, 11) is -6.99. The Bertz CT molecular complexity index is 1670. The molecule has 0 radical (unpaired) electrons. The third-order valence-corrected chi connectivity index (χ3v) is 11.8. The number of para-hydroxylation sites is 1. The predicted molar refractivity (Wildman–Crippen MR) is 156 cm³/mol. The first kappa shape index (κ1) is 26.7. The lowest BCUT2D eigenvalue weighted by atomic mass is 10.2. The number of rotatable bonds is 13. The molecule has 0 amide bonds. The van der Waals surface area contributed by atoms with Gasteiger partial charge >= 0.3 is 0 Å². The maximum atomic E-state index is 13.6. The second kappa shape index (κ2) is 10.7. The summed E-state index contributed by atoms with van der Waals surface area (Å²) in [5, 5.41) is 4.42. The number of thiazole rings is 1. The van der Waals surface area contributed by atoms with Gasteiger partial charge in [-0.25, -0.2) is 21.8 Å². The van der Waals surface area contributed by atoms with E-state index in [4.69, 9.17) is 0 Å². The van der Waals surface area contributed by atoms with Crippen molar-refractivity contribution in [2.75, 3.05) is 23.1 Å². The molecule has 0 aliphatic heterocycles. The Kier molecular flexibility index (Phi) is 7.49. The molecule has 200 valence electrons. The number of nitrogens with zero attached hydrogens (tertiary/aromatic N) is 3. The number of H-pyrrole nitrogens is 1. The van der Waals surface area contributed by atoms with Crippen LogP contribution in [0.1, 0.15) is 17.7 Å². The summed E-state index contributed by atoms with van der Waals surface area (Å²) in [5.41, 5.74) is 2.18. The van der Waals surface area contributed by atoms with Crippen LogP contribution < -0.4 is 4.31 Å². The number of anilines is 1. The van der Waals surface area contributed by atoms with Crippen molar-refractivity contribution in [3.8, 4) is 10.7 Å². The summed E-state index contributed by atoms with van der Waals surface area (Å²) in [4.78, 5) is 10.8. The van der Waals surface area contributed by atoms with Crippen LogP contribution >= 0.6 is 22.7 Å². The molecule has 3 heterocycles. The van der Waals surface area contributed by atoms with Crippen LogP contribution in [0, 0.1) is 5.92 Å². The van der Waals surface area contributed by atoms with Gasteiger partial charge in [0.2, 0.25) is 0 Å². The third-order valence-electron chi connectivity index (χ3n) is 6.38. The summed E-state index contributed by atoms with van der Waals surface area (Å²) in [6.45, 7) is 8.39. The third kappa shape index (κ3) is 5.73. The molecule has 3 aromatic heterocycles. The van der Waals surface area contributed by atoms with Crippen molar-refractivity contribution >= 4 is 59.1 Å². The van der Waals surface area contributed by atoms with E-state index in [9.17, 15) is 16.8 Å². The van der Waals surface area contributed by atoms with Crippen molar-refractivity contribution in [3.63, 3.8) is 0 Å². The molecule has 1 N–H and O–H groups in total. The first-order valence-corrected chi connectivity index (χ1v) is 16.9. The van der Waals surface area contributed by atoms with E-state index in [1.54, 1.807) is 34.2 Å². The zero-order chi connectivity index (χ0) is 26.9. The molecule has 5 rings (SSSR count). The van der Waals surface area contributed by atoms with E-state index in [1.807, 2.05) is 29.2 Å². The summed E-state index contributed by atoms with van der Waals surface area (Å²) in [6, 6.07) is 11.1. The Balaban J connectivity index is 1.43. The molecule has 1 aliphatic rings. The number of aromatic amines is 1. The number of nitrogens with one attached hydrogen (secondary N) is 1. The maximum absolute atomic E-state index is 13.6. The van der Waals surface area contributed by atoms with Gasteiger partial charge in [0.05, 0.1) is 29.2 Å². The second-order valence-corrected chi connectivity index (χ2v) is 15.4. The van der Waals surface area contributed by atoms with Crippen LogP contribution in [0.15, 0.2) is 77.0 Å². The zero-order valence-corrected chi connectivity index (χ0v) is 23.9. The first-order valence-electron chi connectivity index (χ1n) is 12.0. The van der Waals surface area contributed by atoms with E-state index >= 15 is 0 Å². The molecule has 1 saturated carbocycles. The van der Waals surface area contributed by atoms with Crippen molar-refractivity contribution in [1.82, 2.24) is 14.9 Å². The van der Waals surface area contributed by atoms with Gasteiger partial charge in [0, 0.05) is 35.0 Å². The number of benzene rings is 1. The zero-order valence-electron chi connectivity index (χ0n) is 20.6. The molecule has 4 aromatic rings. The first-order chi connectivity index (χ1) is 18.2. The molecule has 8 nitrogen and oxygen atoms in total. The number of sulfonamides is 1. The lowest BCUT2D eigenvalue weighted by molar-refractivity contribution is 0.394. The summed E-state index contributed by atoms with van der Waals surface area (Å²) in [5.74, 6) is 0.329. The van der Waals surface area contributed by atoms with Crippen molar-refractivity contribution in [3.05, 3.63) is 77.6 Å². The van der Waals surface area contributed by atoms with E-state index in [0.717, 1.165) is 44.7 Å². The topological polar surface area (TPSA) is 103 Å². The average Bonchev–Trinajstić information content (AvgIpc) is 3.30. The van der Waals surface area contributed by atoms with Crippen LogP contribution in [0.5, 0.6) is 0 Å². The van der Waals surface area contributed by atoms with Crippen molar-refractivity contribution in [2.24, 2.45) is 5.92 Å². The average molecular weight is 589 g/mol. The van der Waals surface area contributed by atoms with Crippen LogP contribution in [0.4, 0.5) is 5.69 Å². The highest BCUT2D eigenvalue weighted by Gasteiger charge is 2.33. The van der Waals surface area contributed by atoms with Crippen molar-refractivity contribution < 1.29 is 16.8 Å². The van der Waals surface area contributed by atoms with Crippen LogP contribution in [0.2, 0.25) is 0 Å². The standard InChI is InChI=1S/C26H28N4O4S4/c1-3-29(12-14-37(31,32)4-2)18-21-16-27-26(36-21)22-15-20-7-5-8-23(25(20)28-22)30(17-19-10-11-19)38(33,34)24-9-6-13-35-24/h3-9,13,15-16,19,28H,1-2,10-12,14,17-18H2. The van der Waals surface area contributed by atoms with Crippen LogP contribution in [0.3, 0.4) is 0 Å². The van der Waals surface area contributed by atoms with Gasteiger partial charge < -0.3 is 9.88 Å². The van der Waals surface area contributed by atoms with Gasteiger partial charge in [-0.05, 0) is 48.5 Å². The fraction of sp³-hybridized carbons (Fsp3) is 0.269. The SMILES string of the molecule is C=CN(CCS(=O)(=O)C=C)Cc1cnc(-c2cc3cccc(N(CC4CC4)S(=O)(=O)c4cccs4)c3[nH]2)s1. The van der Waals surface area contributed by atoms with Gasteiger partial charge in [0.1, 0.15) is 9.22 Å². The van der Waals surface area contributed by atoms with E-state index < -0.39 is 19.9 Å². The van der Waals surface area contributed by atoms with Gasteiger partial charge in [0.25, 0.3) is 10.0 Å². The van der Waals surface area contributed by atoms with Crippen LogP contribution in [-0.4, -0.2) is 50.5 Å². The summed E-state index contributed by atoms with van der Waals surface area (Å²) >= 11 is 2.72. The van der Waals surface area contributed by atoms with Gasteiger partial charge in [-0.2, -0.15) is 0 Å². The molecule has 0 unspecified atom stereocenters. The molecule has 12 heteroatoms. The second-order valence-electron chi connectivity index (χ2n) is 9.15. The number of aromatic nitrogens is 2. The monoisotopic (exact) mass is 588 g/mol.